The fraction of sp³-hybridized carbons (Fsp3) is 0.400. The molecule has 0 aromatic rings. The Bertz CT molecular complexity index is 127. The average molecular weight is 129 g/mol. The molecule has 0 unspecified atom stereocenters. The van der Waals surface area contributed by atoms with Crippen LogP contribution < -0.4 is 0 Å². The molecule has 1 amide bonds. The SMILES string of the molecule is C=C1SCC(=O)N1C. The van der Waals surface area contributed by atoms with Crippen LogP contribution in [0.4, 0.5) is 0 Å². The van der Waals surface area contributed by atoms with E-state index in [1.54, 1.807) is 11.9 Å². The first-order valence-electron chi connectivity index (χ1n) is 2.30. The highest BCUT2D eigenvalue weighted by molar-refractivity contribution is 8.04. The lowest BCUT2D eigenvalue weighted by Crippen LogP contribution is -2.17. The van der Waals surface area contributed by atoms with Gasteiger partial charge in [0.15, 0.2) is 0 Å². The van der Waals surface area contributed by atoms with Crippen molar-refractivity contribution in [1.29, 1.82) is 0 Å². The van der Waals surface area contributed by atoms with Crippen LogP contribution in [0.15, 0.2) is 11.6 Å². The van der Waals surface area contributed by atoms with Crippen molar-refractivity contribution in [1.82, 2.24) is 4.90 Å². The van der Waals surface area contributed by atoms with Crippen molar-refractivity contribution in [2.75, 3.05) is 12.8 Å². The molecule has 0 atom stereocenters. The van der Waals surface area contributed by atoms with Gasteiger partial charge in [-0.1, -0.05) is 18.3 Å². The second-order valence-electron chi connectivity index (χ2n) is 1.64. The lowest BCUT2D eigenvalue weighted by atomic mass is 10.6. The minimum Gasteiger partial charge on any atom is -0.310 e. The second-order valence-corrected chi connectivity index (χ2v) is 2.68. The zero-order valence-corrected chi connectivity index (χ0v) is 5.49. The third kappa shape index (κ3) is 0.733. The molecule has 8 heavy (non-hydrogen) atoms. The maximum Gasteiger partial charge on any atom is 0.237 e. The minimum atomic E-state index is 0.153. The van der Waals surface area contributed by atoms with Crippen LogP contribution in [0.1, 0.15) is 0 Å². The summed E-state index contributed by atoms with van der Waals surface area (Å²) in [7, 11) is 1.74. The third-order valence-corrected chi connectivity index (χ3v) is 2.11. The predicted molar refractivity (Wildman–Crippen MR) is 34.4 cm³/mol. The van der Waals surface area contributed by atoms with Gasteiger partial charge in [-0.05, 0) is 0 Å². The summed E-state index contributed by atoms with van der Waals surface area (Å²) in [6.07, 6.45) is 0. The number of rotatable bonds is 0. The molecule has 1 fully saturated rings. The number of hydrogen-bond acceptors (Lipinski definition) is 2. The van der Waals surface area contributed by atoms with Gasteiger partial charge in [-0.3, -0.25) is 4.79 Å². The summed E-state index contributed by atoms with van der Waals surface area (Å²) in [4.78, 5) is 12.2. The van der Waals surface area contributed by atoms with E-state index in [1.807, 2.05) is 0 Å². The monoisotopic (exact) mass is 129 g/mol. The van der Waals surface area contributed by atoms with Crippen LogP contribution >= 0.6 is 11.8 Å². The van der Waals surface area contributed by atoms with Gasteiger partial charge in [-0.2, -0.15) is 0 Å². The Hall–Kier alpha value is -0.440. The molecule has 0 aromatic heterocycles. The van der Waals surface area contributed by atoms with E-state index in [2.05, 4.69) is 6.58 Å². The van der Waals surface area contributed by atoms with Crippen molar-refractivity contribution in [2.45, 2.75) is 0 Å². The quantitative estimate of drug-likeness (QED) is 0.479. The molecule has 44 valence electrons. The lowest BCUT2D eigenvalue weighted by Gasteiger charge is -2.05. The molecule has 0 saturated carbocycles. The fourth-order valence-electron chi connectivity index (χ4n) is 0.478. The summed E-state index contributed by atoms with van der Waals surface area (Å²) in [6.45, 7) is 3.65. The first-order chi connectivity index (χ1) is 3.72. The van der Waals surface area contributed by atoms with Gasteiger partial charge in [0.25, 0.3) is 0 Å². The number of hydrogen-bond donors (Lipinski definition) is 0. The van der Waals surface area contributed by atoms with E-state index in [-0.39, 0.29) is 5.91 Å². The molecule has 1 rings (SSSR count). The summed E-state index contributed by atoms with van der Waals surface area (Å²) in [6, 6.07) is 0. The Balaban J connectivity index is 2.70. The first-order valence-corrected chi connectivity index (χ1v) is 3.28. The molecule has 1 saturated heterocycles. The van der Waals surface area contributed by atoms with Crippen LogP contribution in [0.25, 0.3) is 0 Å². The molecular formula is C5H7NOS. The van der Waals surface area contributed by atoms with E-state index >= 15 is 0 Å². The highest BCUT2D eigenvalue weighted by Gasteiger charge is 2.19. The average Bonchev–Trinajstić information content (AvgIpc) is 1.98. The highest BCUT2D eigenvalue weighted by atomic mass is 32.2. The van der Waals surface area contributed by atoms with Gasteiger partial charge in [-0.25, -0.2) is 0 Å². The van der Waals surface area contributed by atoms with Crippen LogP contribution in [-0.4, -0.2) is 23.6 Å². The number of thioether (sulfide) groups is 1. The second kappa shape index (κ2) is 1.82. The number of amides is 1. The number of nitrogens with zero attached hydrogens (tertiary/aromatic N) is 1. The normalized spacial score (nSPS) is 20.4. The molecule has 3 heteroatoms. The molecule has 1 aliphatic heterocycles. The van der Waals surface area contributed by atoms with Crippen molar-refractivity contribution in [3.63, 3.8) is 0 Å². The zero-order valence-electron chi connectivity index (χ0n) is 4.68. The smallest absolute Gasteiger partial charge is 0.237 e. The maximum atomic E-state index is 10.6. The Morgan fingerprint density at radius 2 is 2.50 bits per heavy atom. The Labute approximate surface area is 52.5 Å². The summed E-state index contributed by atoms with van der Waals surface area (Å²) in [5, 5.41) is 0.856. The topological polar surface area (TPSA) is 20.3 Å². The molecule has 2 nitrogen and oxygen atoms in total. The molecule has 0 radical (unpaired) electrons. The largest absolute Gasteiger partial charge is 0.310 e. The van der Waals surface area contributed by atoms with E-state index in [4.69, 9.17) is 0 Å². The molecule has 0 bridgehead atoms. The molecule has 0 spiro atoms. The summed E-state index contributed by atoms with van der Waals surface area (Å²) in [5.74, 6) is 0.718. The predicted octanol–water partition coefficient (Wildman–Crippen LogP) is 0.663. The van der Waals surface area contributed by atoms with Crippen LogP contribution in [0, 0.1) is 0 Å². The molecular weight excluding hydrogens is 122 g/mol. The molecule has 1 aliphatic rings. The van der Waals surface area contributed by atoms with Crippen LogP contribution in [0.3, 0.4) is 0 Å². The van der Waals surface area contributed by atoms with Gasteiger partial charge >= 0.3 is 0 Å². The van der Waals surface area contributed by atoms with Gasteiger partial charge in [0, 0.05) is 7.05 Å². The van der Waals surface area contributed by atoms with E-state index in [9.17, 15) is 4.79 Å². The van der Waals surface area contributed by atoms with E-state index < -0.39 is 0 Å². The van der Waals surface area contributed by atoms with Crippen LogP contribution in [0.5, 0.6) is 0 Å². The maximum absolute atomic E-state index is 10.6. The third-order valence-electron chi connectivity index (χ3n) is 1.11. The van der Waals surface area contributed by atoms with Crippen molar-refractivity contribution < 1.29 is 4.79 Å². The van der Waals surface area contributed by atoms with Crippen molar-refractivity contribution in [3.05, 3.63) is 11.6 Å². The fourth-order valence-corrected chi connectivity index (χ4v) is 1.26. The van der Waals surface area contributed by atoms with Crippen molar-refractivity contribution >= 4 is 17.7 Å². The van der Waals surface area contributed by atoms with Gasteiger partial charge < -0.3 is 4.90 Å². The lowest BCUT2D eigenvalue weighted by molar-refractivity contribution is -0.124. The van der Waals surface area contributed by atoms with Gasteiger partial charge in [-0.15, -0.1) is 0 Å². The summed E-state index contributed by atoms with van der Waals surface area (Å²) in [5.41, 5.74) is 0. The van der Waals surface area contributed by atoms with Gasteiger partial charge in [0.05, 0.1) is 10.8 Å². The van der Waals surface area contributed by atoms with Gasteiger partial charge in [0.1, 0.15) is 0 Å². The standard InChI is InChI=1S/C5H7NOS/c1-4-6(2)5(7)3-8-4/h1,3H2,2H3. The highest BCUT2D eigenvalue weighted by Crippen LogP contribution is 2.24. The van der Waals surface area contributed by atoms with Crippen LogP contribution in [0.2, 0.25) is 0 Å². The molecule has 1 heterocycles. The van der Waals surface area contributed by atoms with E-state index in [0.717, 1.165) is 5.03 Å². The number of carbonyl (C=O) groups excluding carboxylic acids is 1. The Morgan fingerprint density at radius 3 is 2.62 bits per heavy atom. The Kier molecular flexibility index (Phi) is 1.29. The molecule has 0 aliphatic carbocycles. The first kappa shape index (κ1) is 5.69. The molecule has 0 N–H and O–H groups in total. The Morgan fingerprint density at radius 1 is 1.88 bits per heavy atom. The van der Waals surface area contributed by atoms with Crippen LogP contribution in [-0.2, 0) is 4.79 Å². The van der Waals surface area contributed by atoms with Gasteiger partial charge in [0.2, 0.25) is 5.91 Å². The van der Waals surface area contributed by atoms with E-state index in [0.29, 0.717) is 5.75 Å². The number of carbonyl (C=O) groups is 1. The summed E-state index contributed by atoms with van der Waals surface area (Å²) >= 11 is 1.50. The van der Waals surface area contributed by atoms with Crippen molar-refractivity contribution in [2.24, 2.45) is 0 Å². The zero-order chi connectivity index (χ0) is 6.15. The summed E-state index contributed by atoms with van der Waals surface area (Å²) < 4.78 is 0. The molecule has 0 aromatic carbocycles. The van der Waals surface area contributed by atoms with E-state index in [1.165, 1.54) is 11.8 Å². The van der Waals surface area contributed by atoms with Crippen molar-refractivity contribution in [3.8, 4) is 0 Å². The minimum absolute atomic E-state index is 0.153.